The van der Waals surface area contributed by atoms with Gasteiger partial charge in [0, 0.05) is 0 Å². The molecule has 1 aliphatic rings. The topological polar surface area (TPSA) is 0 Å². The lowest BCUT2D eigenvalue weighted by Gasteiger charge is -2.32. The first-order chi connectivity index (χ1) is 5.10. The standard InChI is InChI=1S/C11H22/c1-5-11(9(2)3)7-6-10(4)8-11/h9-10H,5-8H2,1-4H3. The minimum atomic E-state index is 0.708. The highest BCUT2D eigenvalue weighted by molar-refractivity contribution is 4.88. The fourth-order valence-electron chi connectivity index (χ4n) is 2.69. The van der Waals surface area contributed by atoms with Crippen molar-refractivity contribution in [2.45, 2.75) is 53.4 Å². The molecule has 0 aromatic carbocycles. The van der Waals surface area contributed by atoms with Gasteiger partial charge < -0.3 is 0 Å². The highest BCUT2D eigenvalue weighted by Gasteiger charge is 2.37. The molecule has 2 unspecified atom stereocenters. The van der Waals surface area contributed by atoms with E-state index in [1.54, 1.807) is 0 Å². The summed E-state index contributed by atoms with van der Waals surface area (Å²) < 4.78 is 0. The Bertz CT molecular complexity index is 126. The van der Waals surface area contributed by atoms with Crippen LogP contribution < -0.4 is 0 Å². The third-order valence-electron chi connectivity index (χ3n) is 3.82. The summed E-state index contributed by atoms with van der Waals surface area (Å²) in [6.45, 7) is 9.54. The van der Waals surface area contributed by atoms with Gasteiger partial charge in [0.25, 0.3) is 0 Å². The molecule has 0 amide bonds. The van der Waals surface area contributed by atoms with E-state index in [0.717, 1.165) is 11.8 Å². The largest absolute Gasteiger partial charge is 0.0648 e. The maximum absolute atomic E-state index is 2.40. The normalized spacial score (nSPS) is 38.5. The van der Waals surface area contributed by atoms with Gasteiger partial charge in [-0.15, -0.1) is 0 Å². The Balaban J connectivity index is 2.62. The van der Waals surface area contributed by atoms with E-state index in [4.69, 9.17) is 0 Å². The van der Waals surface area contributed by atoms with Crippen LogP contribution in [0.4, 0.5) is 0 Å². The lowest BCUT2D eigenvalue weighted by atomic mass is 9.73. The summed E-state index contributed by atoms with van der Waals surface area (Å²) in [7, 11) is 0. The molecule has 11 heavy (non-hydrogen) atoms. The molecule has 1 saturated carbocycles. The van der Waals surface area contributed by atoms with Crippen molar-refractivity contribution in [3.8, 4) is 0 Å². The van der Waals surface area contributed by atoms with Crippen LogP contribution >= 0.6 is 0 Å². The van der Waals surface area contributed by atoms with Crippen LogP contribution in [0.25, 0.3) is 0 Å². The maximum atomic E-state index is 2.40. The predicted octanol–water partition coefficient (Wildman–Crippen LogP) is 3.86. The summed E-state index contributed by atoms with van der Waals surface area (Å²) in [6, 6.07) is 0. The van der Waals surface area contributed by atoms with Gasteiger partial charge in [-0.2, -0.15) is 0 Å². The zero-order chi connectivity index (χ0) is 8.48. The van der Waals surface area contributed by atoms with Gasteiger partial charge in [-0.05, 0) is 30.1 Å². The molecule has 0 aliphatic heterocycles. The molecular weight excluding hydrogens is 132 g/mol. The SMILES string of the molecule is CCC1(C(C)C)CCC(C)C1. The first kappa shape index (κ1) is 9.09. The van der Waals surface area contributed by atoms with Gasteiger partial charge in [0.2, 0.25) is 0 Å². The van der Waals surface area contributed by atoms with Crippen LogP contribution in [0, 0.1) is 17.3 Å². The monoisotopic (exact) mass is 154 g/mol. The molecule has 0 heteroatoms. The van der Waals surface area contributed by atoms with Crippen LogP contribution in [0.15, 0.2) is 0 Å². The predicted molar refractivity (Wildman–Crippen MR) is 50.6 cm³/mol. The van der Waals surface area contributed by atoms with Crippen LogP contribution in [0.3, 0.4) is 0 Å². The summed E-state index contributed by atoms with van der Waals surface area (Å²) >= 11 is 0. The molecule has 0 bridgehead atoms. The Labute approximate surface area is 71.4 Å². The van der Waals surface area contributed by atoms with Crippen molar-refractivity contribution in [2.75, 3.05) is 0 Å². The van der Waals surface area contributed by atoms with Crippen molar-refractivity contribution in [3.63, 3.8) is 0 Å². The second kappa shape index (κ2) is 3.16. The lowest BCUT2D eigenvalue weighted by molar-refractivity contribution is 0.181. The lowest BCUT2D eigenvalue weighted by Crippen LogP contribution is -2.22. The van der Waals surface area contributed by atoms with E-state index in [0.29, 0.717) is 5.41 Å². The molecule has 1 rings (SSSR count). The summed E-state index contributed by atoms with van der Waals surface area (Å²) in [5.41, 5.74) is 0.708. The Kier molecular flexibility index (Phi) is 2.61. The number of hydrogen-bond donors (Lipinski definition) is 0. The number of rotatable bonds is 2. The van der Waals surface area contributed by atoms with E-state index in [9.17, 15) is 0 Å². The van der Waals surface area contributed by atoms with Crippen LogP contribution in [-0.2, 0) is 0 Å². The van der Waals surface area contributed by atoms with Crippen LogP contribution in [-0.4, -0.2) is 0 Å². The minimum absolute atomic E-state index is 0.708. The molecule has 0 spiro atoms. The van der Waals surface area contributed by atoms with Crippen molar-refractivity contribution in [1.82, 2.24) is 0 Å². The molecule has 0 aromatic rings. The van der Waals surface area contributed by atoms with Gasteiger partial charge in [-0.25, -0.2) is 0 Å². The van der Waals surface area contributed by atoms with Crippen molar-refractivity contribution >= 4 is 0 Å². The van der Waals surface area contributed by atoms with E-state index in [-0.39, 0.29) is 0 Å². The van der Waals surface area contributed by atoms with Crippen LogP contribution in [0.5, 0.6) is 0 Å². The van der Waals surface area contributed by atoms with Crippen LogP contribution in [0.2, 0.25) is 0 Å². The van der Waals surface area contributed by atoms with E-state index >= 15 is 0 Å². The third kappa shape index (κ3) is 1.60. The zero-order valence-electron chi connectivity index (χ0n) is 8.48. The zero-order valence-corrected chi connectivity index (χ0v) is 8.48. The maximum Gasteiger partial charge on any atom is -0.0274 e. The second-order valence-corrected chi connectivity index (χ2v) is 4.72. The van der Waals surface area contributed by atoms with Gasteiger partial charge in [-0.1, -0.05) is 40.5 Å². The van der Waals surface area contributed by atoms with E-state index in [2.05, 4.69) is 27.7 Å². The fourth-order valence-corrected chi connectivity index (χ4v) is 2.69. The van der Waals surface area contributed by atoms with Crippen molar-refractivity contribution in [3.05, 3.63) is 0 Å². The van der Waals surface area contributed by atoms with Gasteiger partial charge in [0.1, 0.15) is 0 Å². The molecule has 0 saturated heterocycles. The van der Waals surface area contributed by atoms with Crippen molar-refractivity contribution in [2.24, 2.45) is 17.3 Å². The average molecular weight is 154 g/mol. The Morgan fingerprint density at radius 3 is 2.27 bits per heavy atom. The molecule has 2 atom stereocenters. The summed E-state index contributed by atoms with van der Waals surface area (Å²) in [5, 5.41) is 0. The molecular formula is C11H22. The summed E-state index contributed by atoms with van der Waals surface area (Å²) in [4.78, 5) is 0. The Morgan fingerprint density at radius 1 is 1.45 bits per heavy atom. The summed E-state index contributed by atoms with van der Waals surface area (Å²) in [5.74, 6) is 1.87. The second-order valence-electron chi connectivity index (χ2n) is 4.72. The molecule has 0 aromatic heterocycles. The van der Waals surface area contributed by atoms with E-state index < -0.39 is 0 Å². The van der Waals surface area contributed by atoms with Crippen molar-refractivity contribution in [1.29, 1.82) is 0 Å². The van der Waals surface area contributed by atoms with E-state index in [1.165, 1.54) is 25.7 Å². The number of hydrogen-bond acceptors (Lipinski definition) is 0. The quantitative estimate of drug-likeness (QED) is 0.566. The van der Waals surface area contributed by atoms with Crippen LogP contribution in [0.1, 0.15) is 53.4 Å². The molecule has 1 aliphatic carbocycles. The Hall–Kier alpha value is 0. The van der Waals surface area contributed by atoms with E-state index in [1.807, 2.05) is 0 Å². The first-order valence-corrected chi connectivity index (χ1v) is 5.10. The minimum Gasteiger partial charge on any atom is -0.0648 e. The Morgan fingerprint density at radius 2 is 2.09 bits per heavy atom. The average Bonchev–Trinajstić information content (AvgIpc) is 2.33. The molecule has 0 radical (unpaired) electrons. The summed E-state index contributed by atoms with van der Waals surface area (Å²) in [6.07, 6.45) is 5.80. The molecule has 0 nitrogen and oxygen atoms in total. The van der Waals surface area contributed by atoms with Gasteiger partial charge in [0.05, 0.1) is 0 Å². The van der Waals surface area contributed by atoms with Crippen molar-refractivity contribution < 1.29 is 0 Å². The molecule has 1 fully saturated rings. The highest BCUT2D eigenvalue weighted by Crippen LogP contribution is 2.49. The smallest absolute Gasteiger partial charge is 0.0274 e. The van der Waals surface area contributed by atoms with Gasteiger partial charge >= 0.3 is 0 Å². The highest BCUT2D eigenvalue weighted by atomic mass is 14.4. The molecule has 0 N–H and O–H groups in total. The molecule has 0 heterocycles. The third-order valence-corrected chi connectivity index (χ3v) is 3.82. The first-order valence-electron chi connectivity index (χ1n) is 5.10. The van der Waals surface area contributed by atoms with Gasteiger partial charge in [-0.3, -0.25) is 0 Å². The molecule has 66 valence electrons. The van der Waals surface area contributed by atoms with Gasteiger partial charge in [0.15, 0.2) is 0 Å². The fraction of sp³-hybridized carbons (Fsp3) is 1.00.